The molecule has 1 aliphatic heterocycles. The first-order chi connectivity index (χ1) is 11.5. The van der Waals surface area contributed by atoms with Crippen LogP contribution in [0.2, 0.25) is 0 Å². The van der Waals surface area contributed by atoms with Gasteiger partial charge in [-0.25, -0.2) is 9.97 Å². The van der Waals surface area contributed by atoms with E-state index >= 15 is 0 Å². The second kappa shape index (κ2) is 5.56. The maximum atomic E-state index is 11.3. The Hall–Kier alpha value is -2.47. The smallest absolute Gasteiger partial charge is 0.248 e. The summed E-state index contributed by atoms with van der Waals surface area (Å²) in [5.74, 6) is 0.251. The Morgan fingerprint density at radius 2 is 2.00 bits per heavy atom. The molecule has 6 heteroatoms. The van der Waals surface area contributed by atoms with E-state index in [9.17, 15) is 9.90 Å². The maximum Gasteiger partial charge on any atom is 0.248 e. The second-order valence-electron chi connectivity index (χ2n) is 6.55. The highest BCUT2D eigenvalue weighted by Crippen LogP contribution is 2.34. The molecule has 4 rings (SSSR count). The molecule has 2 atom stereocenters. The van der Waals surface area contributed by atoms with Crippen molar-refractivity contribution in [2.45, 2.75) is 38.3 Å². The number of aryl methyl sites for hydroxylation is 1. The van der Waals surface area contributed by atoms with E-state index in [1.165, 1.54) is 5.56 Å². The highest BCUT2D eigenvalue weighted by molar-refractivity contribution is 5.93. The van der Waals surface area contributed by atoms with Crippen LogP contribution in [-0.4, -0.2) is 39.7 Å². The van der Waals surface area contributed by atoms with E-state index in [-0.39, 0.29) is 12.1 Å². The van der Waals surface area contributed by atoms with Crippen LogP contribution in [0.1, 0.15) is 35.0 Å². The third-order valence-corrected chi connectivity index (χ3v) is 5.05. The van der Waals surface area contributed by atoms with Crippen molar-refractivity contribution in [1.82, 2.24) is 9.97 Å². The molecular formula is C18H20N4O2. The third-order valence-electron chi connectivity index (χ3n) is 5.05. The van der Waals surface area contributed by atoms with Crippen molar-refractivity contribution >= 4 is 11.9 Å². The molecular weight excluding hydrogens is 304 g/mol. The largest absolute Gasteiger partial charge is 0.389 e. The van der Waals surface area contributed by atoms with Crippen LogP contribution in [0.25, 0.3) is 11.3 Å². The summed E-state index contributed by atoms with van der Waals surface area (Å²) in [6.45, 7) is 2.55. The quantitative estimate of drug-likeness (QED) is 0.888. The normalized spacial score (nSPS) is 22.2. The summed E-state index contributed by atoms with van der Waals surface area (Å²) in [5, 5.41) is 9.77. The number of amides is 1. The summed E-state index contributed by atoms with van der Waals surface area (Å²) in [7, 11) is 0. The molecule has 1 amide bonds. The van der Waals surface area contributed by atoms with Crippen molar-refractivity contribution in [3.63, 3.8) is 0 Å². The van der Waals surface area contributed by atoms with Crippen LogP contribution >= 0.6 is 0 Å². The van der Waals surface area contributed by atoms with Gasteiger partial charge in [0.15, 0.2) is 0 Å². The minimum absolute atomic E-state index is 0.0366. The summed E-state index contributed by atoms with van der Waals surface area (Å²) in [5.41, 5.74) is 9.99. The Morgan fingerprint density at radius 1 is 1.25 bits per heavy atom. The lowest BCUT2D eigenvalue weighted by atomic mass is 10.0. The molecule has 6 nitrogen and oxygen atoms in total. The van der Waals surface area contributed by atoms with Gasteiger partial charge in [-0.1, -0.05) is 12.1 Å². The number of carbonyl (C=O) groups excluding carboxylic acids is 1. The van der Waals surface area contributed by atoms with Crippen LogP contribution in [0.15, 0.2) is 24.3 Å². The zero-order valence-corrected chi connectivity index (χ0v) is 13.6. The molecule has 124 valence electrons. The lowest BCUT2D eigenvalue weighted by Crippen LogP contribution is -2.59. The fraction of sp³-hybridized carbons (Fsp3) is 0.389. The van der Waals surface area contributed by atoms with Crippen LogP contribution in [0.3, 0.4) is 0 Å². The van der Waals surface area contributed by atoms with Gasteiger partial charge in [0.25, 0.3) is 0 Å². The van der Waals surface area contributed by atoms with Gasteiger partial charge in [0.2, 0.25) is 11.9 Å². The number of rotatable bonds is 3. The Kier molecular flexibility index (Phi) is 3.49. The van der Waals surface area contributed by atoms with Gasteiger partial charge >= 0.3 is 0 Å². The van der Waals surface area contributed by atoms with E-state index in [4.69, 9.17) is 15.7 Å². The van der Waals surface area contributed by atoms with Gasteiger partial charge in [-0.15, -0.1) is 0 Å². The standard InChI is InChI=1S/C18H20N4O2/c1-10-15(23)9-22(10)18-20-14-4-2-3-13(14)16(21-18)11-5-7-12(8-6-11)17(19)24/h5-8,10,15,23H,2-4,9H2,1H3,(H2,19,24)/t10-,15+/m0/s1. The molecule has 0 bridgehead atoms. The molecule has 2 heterocycles. The molecule has 1 aromatic heterocycles. The number of β-amino-alcohol motifs (C(OH)–C–C–N with tert-alkyl or cyclic N) is 1. The van der Waals surface area contributed by atoms with Crippen LogP contribution in [0.5, 0.6) is 0 Å². The monoisotopic (exact) mass is 324 g/mol. The summed E-state index contributed by atoms with van der Waals surface area (Å²) in [6.07, 6.45) is 2.70. The van der Waals surface area contributed by atoms with Crippen molar-refractivity contribution < 1.29 is 9.90 Å². The van der Waals surface area contributed by atoms with E-state index in [2.05, 4.69) is 0 Å². The topological polar surface area (TPSA) is 92.3 Å². The van der Waals surface area contributed by atoms with Gasteiger partial charge in [0, 0.05) is 28.9 Å². The van der Waals surface area contributed by atoms with Crippen LogP contribution in [0.4, 0.5) is 5.95 Å². The number of aliphatic hydroxyl groups excluding tert-OH is 1. The molecule has 24 heavy (non-hydrogen) atoms. The molecule has 1 aliphatic carbocycles. The van der Waals surface area contributed by atoms with E-state index < -0.39 is 5.91 Å². The number of aliphatic hydroxyl groups is 1. The molecule has 2 aromatic rings. The fourth-order valence-corrected chi connectivity index (χ4v) is 3.43. The van der Waals surface area contributed by atoms with Crippen LogP contribution < -0.4 is 10.6 Å². The molecule has 0 saturated carbocycles. The lowest BCUT2D eigenvalue weighted by Gasteiger charge is -2.43. The predicted octanol–water partition coefficient (Wildman–Crippen LogP) is 1.30. The molecule has 0 unspecified atom stereocenters. The van der Waals surface area contributed by atoms with Gasteiger partial charge < -0.3 is 15.7 Å². The van der Waals surface area contributed by atoms with E-state index in [0.717, 1.165) is 36.2 Å². The Labute approximate surface area is 140 Å². The van der Waals surface area contributed by atoms with Gasteiger partial charge in [-0.2, -0.15) is 0 Å². The van der Waals surface area contributed by atoms with E-state index in [0.29, 0.717) is 18.1 Å². The molecule has 0 radical (unpaired) electrons. The van der Waals surface area contributed by atoms with Crippen molar-refractivity contribution in [1.29, 1.82) is 0 Å². The number of nitrogens with two attached hydrogens (primary N) is 1. The number of carbonyl (C=O) groups is 1. The first-order valence-electron chi connectivity index (χ1n) is 8.29. The molecule has 1 fully saturated rings. The number of aromatic nitrogens is 2. The van der Waals surface area contributed by atoms with Crippen molar-refractivity contribution in [2.24, 2.45) is 5.73 Å². The van der Waals surface area contributed by atoms with Crippen LogP contribution in [-0.2, 0) is 12.8 Å². The summed E-state index contributed by atoms with van der Waals surface area (Å²) < 4.78 is 0. The summed E-state index contributed by atoms with van der Waals surface area (Å²) >= 11 is 0. The third kappa shape index (κ3) is 2.34. The summed E-state index contributed by atoms with van der Waals surface area (Å²) in [4.78, 5) is 22.8. The van der Waals surface area contributed by atoms with Crippen molar-refractivity contribution in [2.75, 3.05) is 11.4 Å². The minimum Gasteiger partial charge on any atom is -0.389 e. The predicted molar refractivity (Wildman–Crippen MR) is 90.8 cm³/mol. The minimum atomic E-state index is -0.432. The van der Waals surface area contributed by atoms with Gasteiger partial charge in [0.1, 0.15) is 0 Å². The van der Waals surface area contributed by atoms with Crippen molar-refractivity contribution in [3.8, 4) is 11.3 Å². The Balaban J connectivity index is 1.77. The first-order valence-corrected chi connectivity index (χ1v) is 8.29. The number of anilines is 1. The van der Waals surface area contributed by atoms with Crippen LogP contribution in [0, 0.1) is 0 Å². The highest BCUT2D eigenvalue weighted by atomic mass is 16.3. The van der Waals surface area contributed by atoms with Crippen molar-refractivity contribution in [3.05, 3.63) is 41.1 Å². The Bertz CT molecular complexity index is 803. The fourth-order valence-electron chi connectivity index (χ4n) is 3.43. The zero-order chi connectivity index (χ0) is 16.8. The zero-order valence-electron chi connectivity index (χ0n) is 13.6. The van der Waals surface area contributed by atoms with E-state index in [1.54, 1.807) is 12.1 Å². The number of primary amides is 1. The average Bonchev–Trinajstić information content (AvgIpc) is 3.07. The molecule has 0 spiro atoms. The number of nitrogens with zero attached hydrogens (tertiary/aromatic N) is 3. The SMILES string of the molecule is C[C@H]1[C@H](O)CN1c1nc2c(c(-c3ccc(C(N)=O)cc3)n1)CCC2. The van der Waals surface area contributed by atoms with Gasteiger partial charge in [-0.05, 0) is 38.3 Å². The highest BCUT2D eigenvalue weighted by Gasteiger charge is 2.36. The molecule has 2 aliphatic rings. The molecule has 3 N–H and O–H groups in total. The number of benzene rings is 1. The average molecular weight is 324 g/mol. The number of fused-ring (bicyclic) bond motifs is 1. The lowest BCUT2D eigenvalue weighted by molar-refractivity contribution is 0.0978. The van der Waals surface area contributed by atoms with Gasteiger partial charge in [-0.3, -0.25) is 4.79 Å². The maximum absolute atomic E-state index is 11.3. The van der Waals surface area contributed by atoms with Gasteiger partial charge in [0.05, 0.1) is 17.8 Å². The molecule has 1 aromatic carbocycles. The molecule has 1 saturated heterocycles. The number of hydrogen-bond donors (Lipinski definition) is 2. The second-order valence-corrected chi connectivity index (χ2v) is 6.55. The Morgan fingerprint density at radius 3 is 2.62 bits per heavy atom. The van der Waals surface area contributed by atoms with E-state index in [1.807, 2.05) is 24.0 Å². The number of hydrogen-bond acceptors (Lipinski definition) is 5. The summed E-state index contributed by atoms with van der Waals surface area (Å²) in [6, 6.07) is 7.28. The first kappa shape index (κ1) is 15.1.